The highest BCUT2D eigenvalue weighted by Gasteiger charge is 2.20. The van der Waals surface area contributed by atoms with Gasteiger partial charge in [0, 0.05) is 51.3 Å². The van der Waals surface area contributed by atoms with E-state index in [1.165, 1.54) is 16.7 Å². The highest BCUT2D eigenvalue weighted by Crippen LogP contribution is 2.28. The number of hydrogen-bond acceptors (Lipinski definition) is 4. The largest absolute Gasteiger partial charge is 0.485 e. The SMILES string of the molecule is CNCCC(Oc1ccccc1CN1CCN(Cc2ccccc2)CC1)c1ccccc1. The summed E-state index contributed by atoms with van der Waals surface area (Å²) < 4.78 is 6.60. The predicted octanol–water partition coefficient (Wildman–Crippen LogP) is 4.73. The minimum absolute atomic E-state index is 0.0486. The summed E-state index contributed by atoms with van der Waals surface area (Å²) in [5.74, 6) is 1.00. The molecule has 1 atom stereocenters. The van der Waals surface area contributed by atoms with E-state index >= 15 is 0 Å². The van der Waals surface area contributed by atoms with E-state index in [4.69, 9.17) is 4.74 Å². The Balaban J connectivity index is 1.37. The van der Waals surface area contributed by atoms with Gasteiger partial charge in [-0.25, -0.2) is 0 Å². The van der Waals surface area contributed by atoms with Crippen LogP contribution in [-0.4, -0.2) is 49.6 Å². The number of piperazine rings is 1. The molecule has 3 aromatic carbocycles. The van der Waals surface area contributed by atoms with Gasteiger partial charge in [0.1, 0.15) is 11.9 Å². The Bertz CT molecular complexity index is 924. The van der Waals surface area contributed by atoms with Gasteiger partial charge in [-0.2, -0.15) is 0 Å². The molecular formula is C28H35N3O. The van der Waals surface area contributed by atoms with E-state index in [9.17, 15) is 0 Å². The number of benzene rings is 3. The number of nitrogens with zero attached hydrogens (tertiary/aromatic N) is 2. The third kappa shape index (κ3) is 6.42. The topological polar surface area (TPSA) is 27.7 Å². The molecule has 3 aromatic rings. The molecule has 0 spiro atoms. The second-order valence-corrected chi connectivity index (χ2v) is 8.56. The predicted molar refractivity (Wildman–Crippen MR) is 132 cm³/mol. The summed E-state index contributed by atoms with van der Waals surface area (Å²) in [4.78, 5) is 5.10. The molecule has 0 saturated carbocycles. The summed E-state index contributed by atoms with van der Waals surface area (Å²) in [6.07, 6.45) is 0.986. The molecule has 4 heteroatoms. The van der Waals surface area contributed by atoms with Gasteiger partial charge < -0.3 is 10.1 Å². The lowest BCUT2D eigenvalue weighted by atomic mass is 10.1. The molecule has 0 amide bonds. The van der Waals surface area contributed by atoms with Gasteiger partial charge in [-0.15, -0.1) is 0 Å². The van der Waals surface area contributed by atoms with Crippen molar-refractivity contribution in [2.24, 2.45) is 0 Å². The Morgan fingerprint density at radius 3 is 2.03 bits per heavy atom. The zero-order valence-electron chi connectivity index (χ0n) is 19.1. The molecule has 1 saturated heterocycles. The molecule has 4 rings (SSSR count). The smallest absolute Gasteiger partial charge is 0.125 e. The molecule has 32 heavy (non-hydrogen) atoms. The van der Waals surface area contributed by atoms with E-state index in [2.05, 4.69) is 100 Å². The standard InChI is InChI=1S/C28H35N3O/c1-29-17-16-28(25-12-6-3-7-13-25)32-27-15-9-8-14-26(27)23-31-20-18-30(19-21-31)22-24-10-4-2-5-11-24/h2-15,28-29H,16-23H2,1H3. The highest BCUT2D eigenvalue weighted by molar-refractivity contribution is 5.34. The van der Waals surface area contributed by atoms with E-state index in [-0.39, 0.29) is 6.10 Å². The maximum Gasteiger partial charge on any atom is 0.125 e. The van der Waals surface area contributed by atoms with Crippen molar-refractivity contribution in [1.82, 2.24) is 15.1 Å². The van der Waals surface area contributed by atoms with Crippen molar-refractivity contribution < 1.29 is 4.74 Å². The minimum atomic E-state index is 0.0486. The Morgan fingerprint density at radius 2 is 1.34 bits per heavy atom. The maximum atomic E-state index is 6.60. The first-order chi connectivity index (χ1) is 15.8. The normalized spacial score (nSPS) is 16.0. The molecule has 1 aliphatic rings. The van der Waals surface area contributed by atoms with Gasteiger partial charge in [0.15, 0.2) is 0 Å². The van der Waals surface area contributed by atoms with Crippen LogP contribution in [0.2, 0.25) is 0 Å². The maximum absolute atomic E-state index is 6.60. The summed E-state index contributed by atoms with van der Waals surface area (Å²) in [7, 11) is 1.99. The molecule has 1 heterocycles. The molecule has 4 nitrogen and oxygen atoms in total. The molecule has 0 aromatic heterocycles. The first-order valence-electron chi connectivity index (χ1n) is 11.7. The number of hydrogen-bond donors (Lipinski definition) is 1. The lowest BCUT2D eigenvalue weighted by molar-refractivity contribution is 0.119. The first-order valence-corrected chi connectivity index (χ1v) is 11.7. The van der Waals surface area contributed by atoms with Crippen LogP contribution in [-0.2, 0) is 13.1 Å². The van der Waals surface area contributed by atoms with Crippen molar-refractivity contribution in [2.75, 3.05) is 39.8 Å². The Morgan fingerprint density at radius 1 is 0.750 bits per heavy atom. The minimum Gasteiger partial charge on any atom is -0.485 e. The molecule has 168 valence electrons. The second kappa shape index (κ2) is 11.8. The van der Waals surface area contributed by atoms with Gasteiger partial charge in [0.05, 0.1) is 0 Å². The third-order valence-electron chi connectivity index (χ3n) is 6.18. The van der Waals surface area contributed by atoms with Crippen molar-refractivity contribution >= 4 is 0 Å². The van der Waals surface area contributed by atoms with Gasteiger partial charge in [0.25, 0.3) is 0 Å². The van der Waals surface area contributed by atoms with E-state index in [0.29, 0.717) is 0 Å². The highest BCUT2D eigenvalue weighted by atomic mass is 16.5. The van der Waals surface area contributed by atoms with E-state index < -0.39 is 0 Å². The zero-order valence-corrected chi connectivity index (χ0v) is 19.1. The van der Waals surface area contributed by atoms with Crippen LogP contribution in [0, 0.1) is 0 Å². The Hall–Kier alpha value is -2.66. The average Bonchev–Trinajstić information content (AvgIpc) is 2.85. The third-order valence-corrected chi connectivity index (χ3v) is 6.18. The molecule has 0 radical (unpaired) electrons. The zero-order chi connectivity index (χ0) is 22.0. The van der Waals surface area contributed by atoms with E-state index in [0.717, 1.165) is 58.0 Å². The number of nitrogens with one attached hydrogen (secondary N) is 1. The van der Waals surface area contributed by atoms with Crippen LogP contribution in [0.1, 0.15) is 29.2 Å². The number of rotatable bonds is 10. The van der Waals surface area contributed by atoms with Gasteiger partial charge >= 0.3 is 0 Å². The summed E-state index contributed by atoms with van der Waals surface area (Å²) in [5, 5.41) is 3.26. The van der Waals surface area contributed by atoms with Crippen molar-refractivity contribution in [3.63, 3.8) is 0 Å². The van der Waals surface area contributed by atoms with Crippen LogP contribution in [0.3, 0.4) is 0 Å². The molecular weight excluding hydrogens is 394 g/mol. The van der Waals surface area contributed by atoms with Crippen LogP contribution in [0.25, 0.3) is 0 Å². The molecule has 0 aliphatic carbocycles. The van der Waals surface area contributed by atoms with Crippen molar-refractivity contribution in [3.05, 3.63) is 102 Å². The van der Waals surface area contributed by atoms with Gasteiger partial charge in [0.2, 0.25) is 0 Å². The van der Waals surface area contributed by atoms with Crippen LogP contribution in [0.15, 0.2) is 84.9 Å². The average molecular weight is 430 g/mol. The fourth-order valence-electron chi connectivity index (χ4n) is 4.33. The van der Waals surface area contributed by atoms with E-state index in [1.807, 2.05) is 7.05 Å². The van der Waals surface area contributed by atoms with Crippen molar-refractivity contribution in [2.45, 2.75) is 25.6 Å². The molecule has 1 unspecified atom stereocenters. The molecule has 1 aliphatic heterocycles. The summed E-state index contributed by atoms with van der Waals surface area (Å²) in [6, 6.07) is 29.9. The quantitative estimate of drug-likeness (QED) is 0.504. The lowest BCUT2D eigenvalue weighted by Crippen LogP contribution is -2.45. The Kier molecular flexibility index (Phi) is 8.32. The van der Waals surface area contributed by atoms with Gasteiger partial charge in [-0.1, -0.05) is 78.9 Å². The summed E-state index contributed by atoms with van der Waals surface area (Å²) >= 11 is 0. The fraction of sp³-hybridized carbons (Fsp3) is 0.357. The van der Waals surface area contributed by atoms with Crippen LogP contribution in [0.5, 0.6) is 5.75 Å². The number of ether oxygens (including phenoxy) is 1. The second-order valence-electron chi connectivity index (χ2n) is 8.56. The monoisotopic (exact) mass is 429 g/mol. The molecule has 1 fully saturated rings. The van der Waals surface area contributed by atoms with Gasteiger partial charge in [-0.3, -0.25) is 9.80 Å². The summed E-state index contributed by atoms with van der Waals surface area (Å²) in [5.41, 5.74) is 3.90. The first kappa shape index (κ1) is 22.5. The van der Waals surface area contributed by atoms with Crippen LogP contribution >= 0.6 is 0 Å². The summed E-state index contributed by atoms with van der Waals surface area (Å²) in [6.45, 7) is 7.28. The fourth-order valence-corrected chi connectivity index (χ4v) is 4.33. The van der Waals surface area contributed by atoms with E-state index in [1.54, 1.807) is 0 Å². The lowest BCUT2D eigenvalue weighted by Gasteiger charge is -2.35. The van der Waals surface area contributed by atoms with Crippen molar-refractivity contribution in [3.8, 4) is 5.75 Å². The molecule has 1 N–H and O–H groups in total. The molecule has 0 bridgehead atoms. The van der Waals surface area contributed by atoms with Crippen molar-refractivity contribution in [1.29, 1.82) is 0 Å². The van der Waals surface area contributed by atoms with Crippen LogP contribution < -0.4 is 10.1 Å². The van der Waals surface area contributed by atoms with Gasteiger partial charge in [-0.05, 0) is 30.8 Å². The van der Waals surface area contributed by atoms with Crippen LogP contribution in [0.4, 0.5) is 0 Å². The number of para-hydroxylation sites is 1. The Labute approximate surface area is 192 Å².